The first-order valence-electron chi connectivity index (χ1n) is 9.09. The first kappa shape index (κ1) is 19.0. The fourth-order valence-corrected chi connectivity index (χ4v) is 5.55. The number of alkyl carbamates (subject to hydrolysis) is 1. The molecule has 1 aromatic heterocycles. The molecule has 0 aromatic carbocycles. The van der Waals surface area contributed by atoms with E-state index in [0.29, 0.717) is 12.8 Å². The van der Waals surface area contributed by atoms with Crippen molar-refractivity contribution in [1.82, 2.24) is 10.3 Å². The molecule has 0 spiro atoms. The number of halogens is 3. The number of ether oxygens (including phenoxy) is 2. The van der Waals surface area contributed by atoms with E-state index in [9.17, 15) is 18.0 Å². The molecule has 1 N–H and O–H groups in total. The SMILES string of the molecule is CC(C)(C)OC(=O)NC12CC(c3csc(C4CC(OC(F)(F)F)C4)n3)(C1)C2. The maximum atomic E-state index is 12.2. The van der Waals surface area contributed by atoms with Crippen molar-refractivity contribution in [2.45, 2.75) is 87.8 Å². The minimum absolute atomic E-state index is 0.00931. The van der Waals surface area contributed by atoms with Gasteiger partial charge in [-0.3, -0.25) is 4.74 Å². The Bertz CT molecular complexity index is 730. The summed E-state index contributed by atoms with van der Waals surface area (Å²) in [5, 5.41) is 5.89. The minimum atomic E-state index is -4.56. The highest BCUT2D eigenvalue weighted by molar-refractivity contribution is 7.09. The second-order valence-corrected chi connectivity index (χ2v) is 10.0. The van der Waals surface area contributed by atoms with Crippen LogP contribution in [-0.4, -0.2) is 34.7 Å². The van der Waals surface area contributed by atoms with Crippen LogP contribution in [0, 0.1) is 0 Å². The number of nitrogens with one attached hydrogen (secondary N) is 1. The first-order chi connectivity index (χ1) is 12.4. The van der Waals surface area contributed by atoms with Crippen molar-refractivity contribution in [3.05, 3.63) is 16.1 Å². The summed E-state index contributed by atoms with van der Waals surface area (Å²) >= 11 is 1.51. The van der Waals surface area contributed by atoms with Crippen molar-refractivity contribution in [3.8, 4) is 0 Å². The molecule has 9 heteroatoms. The topological polar surface area (TPSA) is 60.5 Å². The Balaban J connectivity index is 1.28. The molecular weight excluding hydrogens is 381 g/mol. The molecule has 1 amide bonds. The van der Waals surface area contributed by atoms with Gasteiger partial charge in [-0.1, -0.05) is 0 Å². The van der Waals surface area contributed by atoms with Crippen LogP contribution in [0.4, 0.5) is 18.0 Å². The zero-order valence-corrected chi connectivity index (χ0v) is 16.3. The number of carbonyl (C=O) groups is 1. The van der Waals surface area contributed by atoms with Crippen LogP contribution in [0.3, 0.4) is 0 Å². The quantitative estimate of drug-likeness (QED) is 0.795. The van der Waals surface area contributed by atoms with Gasteiger partial charge in [0, 0.05) is 22.3 Å². The van der Waals surface area contributed by atoms with Crippen molar-refractivity contribution in [2.75, 3.05) is 0 Å². The van der Waals surface area contributed by atoms with E-state index in [1.807, 2.05) is 26.2 Å². The molecule has 4 saturated carbocycles. The van der Waals surface area contributed by atoms with Crippen molar-refractivity contribution in [3.63, 3.8) is 0 Å². The maximum absolute atomic E-state index is 12.2. The Morgan fingerprint density at radius 3 is 2.44 bits per heavy atom. The molecule has 4 aliphatic rings. The maximum Gasteiger partial charge on any atom is 0.522 e. The van der Waals surface area contributed by atoms with Gasteiger partial charge in [0.1, 0.15) is 5.60 Å². The Hall–Kier alpha value is -1.35. The number of thiazole rings is 1. The third-order valence-corrected chi connectivity index (χ3v) is 6.61. The summed E-state index contributed by atoms with van der Waals surface area (Å²) in [4.78, 5) is 16.7. The molecule has 5 rings (SSSR count). The fraction of sp³-hybridized carbons (Fsp3) is 0.778. The summed E-state index contributed by atoms with van der Waals surface area (Å²) in [5.41, 5.74) is 0.311. The van der Waals surface area contributed by atoms with E-state index in [4.69, 9.17) is 9.72 Å². The lowest BCUT2D eigenvalue weighted by Gasteiger charge is -2.69. The average molecular weight is 404 g/mol. The van der Waals surface area contributed by atoms with Gasteiger partial charge in [0.25, 0.3) is 0 Å². The molecule has 1 heterocycles. The van der Waals surface area contributed by atoms with Crippen molar-refractivity contribution in [2.24, 2.45) is 0 Å². The van der Waals surface area contributed by atoms with Gasteiger partial charge in [-0.25, -0.2) is 9.78 Å². The second kappa shape index (κ2) is 5.83. The number of alkyl halides is 3. The van der Waals surface area contributed by atoms with Crippen molar-refractivity contribution >= 4 is 17.4 Å². The molecule has 0 radical (unpaired) electrons. The van der Waals surface area contributed by atoms with Crippen LogP contribution in [0.5, 0.6) is 0 Å². The molecule has 1 aromatic rings. The van der Waals surface area contributed by atoms with Gasteiger partial charge >= 0.3 is 12.5 Å². The van der Waals surface area contributed by atoms with Crippen LogP contribution < -0.4 is 5.32 Å². The number of nitrogens with zero attached hydrogens (tertiary/aromatic N) is 1. The summed E-state index contributed by atoms with van der Waals surface area (Å²) in [7, 11) is 0. The summed E-state index contributed by atoms with van der Waals surface area (Å²) in [6, 6.07) is 0. The lowest BCUT2D eigenvalue weighted by molar-refractivity contribution is -0.351. The molecule has 0 atom stereocenters. The number of amides is 1. The van der Waals surface area contributed by atoms with E-state index < -0.39 is 18.1 Å². The minimum Gasteiger partial charge on any atom is -0.444 e. The fourth-order valence-electron chi connectivity index (χ4n) is 4.48. The smallest absolute Gasteiger partial charge is 0.444 e. The Morgan fingerprint density at radius 1 is 1.26 bits per heavy atom. The van der Waals surface area contributed by atoms with E-state index >= 15 is 0 Å². The van der Waals surface area contributed by atoms with Crippen molar-refractivity contribution < 1.29 is 27.4 Å². The lowest BCUT2D eigenvalue weighted by Crippen LogP contribution is -2.77. The predicted molar refractivity (Wildman–Crippen MR) is 92.6 cm³/mol. The number of rotatable bonds is 4. The molecule has 5 nitrogen and oxygen atoms in total. The van der Waals surface area contributed by atoms with Gasteiger partial charge in [0.2, 0.25) is 0 Å². The molecule has 0 saturated heterocycles. The number of hydrogen-bond acceptors (Lipinski definition) is 5. The van der Waals surface area contributed by atoms with Crippen LogP contribution in [0.25, 0.3) is 0 Å². The van der Waals surface area contributed by atoms with E-state index in [2.05, 4.69) is 10.1 Å². The number of aromatic nitrogens is 1. The zero-order chi connectivity index (χ0) is 19.7. The third-order valence-electron chi connectivity index (χ3n) is 5.61. The summed E-state index contributed by atoms with van der Waals surface area (Å²) in [5.74, 6) is 0.0531. The molecule has 2 bridgehead atoms. The lowest BCUT2D eigenvalue weighted by atomic mass is 9.38. The van der Waals surface area contributed by atoms with Crippen LogP contribution in [0.1, 0.15) is 69.5 Å². The van der Waals surface area contributed by atoms with E-state index in [1.54, 1.807) is 0 Å². The highest BCUT2D eigenvalue weighted by Gasteiger charge is 2.70. The standard InChI is InChI=1S/C18H23F3N2O3S/c1-15(2,3)26-14(24)23-17-7-16(8-17,9-17)12-6-27-13(22-12)10-4-11(5-10)25-18(19,20)21/h6,10-11H,4-5,7-9H2,1-3H3,(H,23,24). The van der Waals surface area contributed by atoms with Crippen molar-refractivity contribution in [1.29, 1.82) is 0 Å². The first-order valence-corrected chi connectivity index (χ1v) is 9.97. The highest BCUT2D eigenvalue weighted by atomic mass is 32.1. The molecule has 27 heavy (non-hydrogen) atoms. The Labute approximate surface area is 159 Å². The second-order valence-electron chi connectivity index (χ2n) is 9.14. The van der Waals surface area contributed by atoms with Gasteiger partial charge in [-0.15, -0.1) is 24.5 Å². The average Bonchev–Trinajstić information content (AvgIpc) is 2.81. The monoisotopic (exact) mass is 404 g/mol. The Morgan fingerprint density at radius 2 is 1.89 bits per heavy atom. The molecular formula is C18H23F3N2O3S. The molecule has 0 aliphatic heterocycles. The van der Waals surface area contributed by atoms with Gasteiger partial charge in [0.05, 0.1) is 16.8 Å². The van der Waals surface area contributed by atoms with E-state index in [0.717, 1.165) is 30.0 Å². The summed E-state index contributed by atoms with van der Waals surface area (Å²) < 4.78 is 46.0. The van der Waals surface area contributed by atoms with Gasteiger partial charge < -0.3 is 10.1 Å². The zero-order valence-electron chi connectivity index (χ0n) is 15.5. The van der Waals surface area contributed by atoms with Crippen LogP contribution in [0.15, 0.2) is 5.38 Å². The predicted octanol–water partition coefficient (Wildman–Crippen LogP) is 4.62. The molecule has 4 fully saturated rings. The highest BCUT2D eigenvalue weighted by Crippen LogP contribution is 2.67. The molecule has 4 aliphatic carbocycles. The largest absolute Gasteiger partial charge is 0.522 e. The number of hydrogen-bond donors (Lipinski definition) is 1. The number of carbonyl (C=O) groups excluding carboxylic acids is 1. The van der Waals surface area contributed by atoms with E-state index in [1.165, 1.54) is 11.3 Å². The van der Waals surface area contributed by atoms with Crippen LogP contribution >= 0.6 is 11.3 Å². The van der Waals surface area contributed by atoms with Gasteiger partial charge in [0.15, 0.2) is 0 Å². The third kappa shape index (κ3) is 3.68. The summed E-state index contributed by atoms with van der Waals surface area (Å²) in [6.45, 7) is 5.49. The van der Waals surface area contributed by atoms with Gasteiger partial charge in [-0.05, 0) is 52.9 Å². The van der Waals surface area contributed by atoms with Crippen LogP contribution in [0.2, 0.25) is 0 Å². The van der Waals surface area contributed by atoms with E-state index in [-0.39, 0.29) is 23.0 Å². The van der Waals surface area contributed by atoms with Crippen LogP contribution in [-0.2, 0) is 14.9 Å². The molecule has 150 valence electrons. The summed E-state index contributed by atoms with van der Waals surface area (Å²) in [6.07, 6.45) is -2.45. The Kier molecular flexibility index (Phi) is 4.10. The normalized spacial score (nSPS) is 34.9. The molecule has 0 unspecified atom stereocenters. The van der Waals surface area contributed by atoms with Gasteiger partial charge in [-0.2, -0.15) is 0 Å².